The van der Waals surface area contributed by atoms with E-state index in [2.05, 4.69) is 35.5 Å². The van der Waals surface area contributed by atoms with Gasteiger partial charge < -0.3 is 0 Å². The van der Waals surface area contributed by atoms with E-state index in [1.54, 1.807) is 0 Å². The monoisotopic (exact) mass is 266 g/mol. The minimum Gasteiger partial charge on any atom is -0.179 e. The van der Waals surface area contributed by atoms with Gasteiger partial charge >= 0.3 is 0 Å². The van der Waals surface area contributed by atoms with Crippen molar-refractivity contribution in [2.75, 3.05) is 11.1 Å². The van der Waals surface area contributed by atoms with E-state index in [0.29, 0.717) is 0 Å². The summed E-state index contributed by atoms with van der Waals surface area (Å²) < 4.78 is 0. The summed E-state index contributed by atoms with van der Waals surface area (Å²) in [6.07, 6.45) is 9.71. The summed E-state index contributed by atoms with van der Waals surface area (Å²) in [6, 6.07) is 0. The average molecular weight is 267 g/mol. The number of unbranched alkanes of at least 4 members (excludes halogenated alkanes) is 5. The Morgan fingerprint density at radius 2 is 1.54 bits per heavy atom. The lowest BCUT2D eigenvalue weighted by Crippen LogP contribution is -1.94. The Labute approximate surface area is 97.4 Å². The first-order valence-electron chi connectivity index (χ1n) is 5.48. The van der Waals surface area contributed by atoms with Gasteiger partial charge in [0.25, 0.3) is 0 Å². The molecule has 0 nitrogen and oxygen atoms in total. The predicted molar refractivity (Wildman–Crippen MR) is 69.1 cm³/mol. The fourth-order valence-corrected chi connectivity index (χ4v) is 1.94. The second-order valence-electron chi connectivity index (χ2n) is 3.89. The van der Waals surface area contributed by atoms with Crippen LogP contribution in [0, 0.1) is 5.92 Å². The molecule has 0 saturated heterocycles. The summed E-state index contributed by atoms with van der Waals surface area (Å²) in [5, 5.41) is 1.16. The van der Waals surface area contributed by atoms with Crippen LogP contribution in [0.25, 0.3) is 0 Å². The molecule has 13 heavy (non-hydrogen) atoms. The highest BCUT2D eigenvalue weighted by atomic mass is 79.9. The maximum Gasteiger partial charge on any atom is 0.00570 e. The highest BCUT2D eigenvalue weighted by Crippen LogP contribution is 2.13. The lowest BCUT2D eigenvalue weighted by Gasteiger charge is -2.06. The molecule has 0 aliphatic rings. The van der Waals surface area contributed by atoms with Gasteiger partial charge in [0.15, 0.2) is 0 Å². The van der Waals surface area contributed by atoms with Crippen LogP contribution in [-0.4, -0.2) is 11.1 Å². The molecule has 0 radical (unpaired) electrons. The molecule has 0 aliphatic carbocycles. The van der Waals surface area contributed by atoms with E-state index in [4.69, 9.17) is 0 Å². The Morgan fingerprint density at radius 1 is 1.00 bits per heavy atom. The van der Waals surface area contributed by atoms with Crippen molar-refractivity contribution >= 4 is 28.6 Å². The van der Waals surface area contributed by atoms with Crippen molar-refractivity contribution in [3.8, 4) is 0 Å². The number of alkyl halides is 1. The lowest BCUT2D eigenvalue weighted by molar-refractivity contribution is 0.521. The third kappa shape index (κ3) is 10.8. The summed E-state index contributed by atoms with van der Waals surface area (Å²) in [6.45, 7) is 2.32. The first kappa shape index (κ1) is 13.8. The van der Waals surface area contributed by atoms with Crippen molar-refractivity contribution in [2.24, 2.45) is 5.92 Å². The van der Waals surface area contributed by atoms with Gasteiger partial charge in [-0.1, -0.05) is 55.0 Å². The topological polar surface area (TPSA) is 0 Å². The van der Waals surface area contributed by atoms with Crippen LogP contribution in [0.5, 0.6) is 0 Å². The first-order valence-corrected chi connectivity index (χ1v) is 7.23. The fraction of sp³-hybridized carbons (Fsp3) is 1.00. The van der Waals surface area contributed by atoms with Gasteiger partial charge in [-0.25, -0.2) is 0 Å². The van der Waals surface area contributed by atoms with Crippen LogP contribution in [-0.2, 0) is 0 Å². The molecule has 2 heteroatoms. The summed E-state index contributed by atoms with van der Waals surface area (Å²) >= 11 is 7.71. The normalized spacial score (nSPS) is 13.2. The molecular weight excluding hydrogens is 244 g/mol. The Hall–Kier alpha value is 0.830. The Morgan fingerprint density at radius 3 is 2.08 bits per heavy atom. The van der Waals surface area contributed by atoms with E-state index >= 15 is 0 Å². The van der Waals surface area contributed by atoms with E-state index in [-0.39, 0.29) is 0 Å². The van der Waals surface area contributed by atoms with Crippen molar-refractivity contribution in [3.05, 3.63) is 0 Å². The van der Waals surface area contributed by atoms with Crippen LogP contribution in [0.15, 0.2) is 0 Å². The van der Waals surface area contributed by atoms with Crippen molar-refractivity contribution in [1.29, 1.82) is 0 Å². The number of hydrogen-bond donors (Lipinski definition) is 1. The van der Waals surface area contributed by atoms with Crippen molar-refractivity contribution in [1.82, 2.24) is 0 Å². The standard InChI is InChI=1S/C11H23BrS/c1-11(10-12)8-6-4-2-3-5-7-9-13/h11,13H,2-10H2,1H3. The molecule has 0 aromatic heterocycles. The average Bonchev–Trinajstić information content (AvgIpc) is 2.16. The summed E-state index contributed by atoms with van der Waals surface area (Å²) in [5.74, 6) is 1.91. The Bertz CT molecular complexity index is 96.1. The minimum absolute atomic E-state index is 0.859. The second-order valence-corrected chi connectivity index (χ2v) is 4.99. The van der Waals surface area contributed by atoms with Crippen molar-refractivity contribution < 1.29 is 0 Å². The molecule has 0 aromatic carbocycles. The highest BCUT2D eigenvalue weighted by molar-refractivity contribution is 9.09. The molecule has 0 aliphatic heterocycles. The van der Waals surface area contributed by atoms with Crippen LogP contribution in [0.3, 0.4) is 0 Å². The largest absolute Gasteiger partial charge is 0.179 e. The number of hydrogen-bond acceptors (Lipinski definition) is 1. The predicted octanol–water partition coefficient (Wildman–Crippen LogP) is 4.68. The van der Waals surface area contributed by atoms with Crippen molar-refractivity contribution in [2.45, 2.75) is 51.9 Å². The molecule has 0 heterocycles. The second kappa shape index (κ2) is 10.9. The van der Waals surface area contributed by atoms with E-state index in [1.807, 2.05) is 0 Å². The van der Waals surface area contributed by atoms with Crippen LogP contribution in [0.4, 0.5) is 0 Å². The van der Waals surface area contributed by atoms with E-state index in [9.17, 15) is 0 Å². The zero-order valence-electron chi connectivity index (χ0n) is 8.77. The van der Waals surface area contributed by atoms with Gasteiger partial charge in [-0.15, -0.1) is 0 Å². The first-order chi connectivity index (χ1) is 6.31. The number of halogens is 1. The van der Waals surface area contributed by atoms with E-state index in [0.717, 1.165) is 17.0 Å². The van der Waals surface area contributed by atoms with Gasteiger partial charge in [-0.2, -0.15) is 12.6 Å². The molecule has 1 atom stereocenters. The molecule has 0 spiro atoms. The quantitative estimate of drug-likeness (QED) is 0.350. The third-order valence-electron chi connectivity index (χ3n) is 2.37. The van der Waals surface area contributed by atoms with Crippen LogP contribution >= 0.6 is 28.6 Å². The summed E-state index contributed by atoms with van der Waals surface area (Å²) in [7, 11) is 0. The van der Waals surface area contributed by atoms with Gasteiger partial charge in [0, 0.05) is 5.33 Å². The lowest BCUT2D eigenvalue weighted by atomic mass is 10.0. The third-order valence-corrected chi connectivity index (χ3v) is 3.79. The molecule has 0 saturated carbocycles. The smallest absolute Gasteiger partial charge is 0.00570 e. The molecule has 1 unspecified atom stereocenters. The Kier molecular flexibility index (Phi) is 11.6. The highest BCUT2D eigenvalue weighted by Gasteiger charge is 1.98. The SMILES string of the molecule is CC(CBr)CCCCCCCCS. The van der Waals surface area contributed by atoms with Crippen LogP contribution in [0.1, 0.15) is 51.9 Å². The van der Waals surface area contributed by atoms with Gasteiger partial charge in [0.2, 0.25) is 0 Å². The molecule has 0 fully saturated rings. The molecule has 80 valence electrons. The molecular formula is C11H23BrS. The maximum absolute atomic E-state index is 4.20. The van der Waals surface area contributed by atoms with Gasteiger partial charge in [-0.05, 0) is 24.5 Å². The minimum atomic E-state index is 0.859. The van der Waals surface area contributed by atoms with E-state index in [1.165, 1.54) is 44.9 Å². The van der Waals surface area contributed by atoms with Gasteiger partial charge in [-0.3, -0.25) is 0 Å². The molecule has 0 rings (SSSR count). The van der Waals surface area contributed by atoms with Crippen LogP contribution < -0.4 is 0 Å². The summed E-state index contributed by atoms with van der Waals surface area (Å²) in [4.78, 5) is 0. The number of rotatable bonds is 9. The molecule has 0 amide bonds. The van der Waals surface area contributed by atoms with Crippen LogP contribution in [0.2, 0.25) is 0 Å². The van der Waals surface area contributed by atoms with E-state index < -0.39 is 0 Å². The zero-order chi connectivity index (χ0) is 9.94. The van der Waals surface area contributed by atoms with Crippen molar-refractivity contribution in [3.63, 3.8) is 0 Å². The molecule has 0 aromatic rings. The Balaban J connectivity index is 2.91. The zero-order valence-corrected chi connectivity index (χ0v) is 11.2. The van der Waals surface area contributed by atoms with Gasteiger partial charge in [0.05, 0.1) is 0 Å². The molecule has 0 N–H and O–H groups in total. The van der Waals surface area contributed by atoms with Gasteiger partial charge in [0.1, 0.15) is 0 Å². The maximum atomic E-state index is 4.20. The number of thiol groups is 1. The summed E-state index contributed by atoms with van der Waals surface area (Å²) in [5.41, 5.74) is 0. The fourth-order valence-electron chi connectivity index (χ4n) is 1.39. The molecule has 0 bridgehead atoms.